The lowest BCUT2D eigenvalue weighted by atomic mass is 10.1. The quantitative estimate of drug-likeness (QED) is 0.843. The second-order valence-corrected chi connectivity index (χ2v) is 8.30. The van der Waals surface area contributed by atoms with Gasteiger partial charge in [0.2, 0.25) is 5.78 Å². The molecule has 0 aromatic carbocycles. The van der Waals surface area contributed by atoms with E-state index in [0.717, 1.165) is 10.4 Å². The van der Waals surface area contributed by atoms with Gasteiger partial charge in [-0.2, -0.15) is 0 Å². The number of nitrogens with zero attached hydrogens (tertiary/aromatic N) is 2. The molecule has 0 saturated heterocycles. The van der Waals surface area contributed by atoms with Crippen LogP contribution in [0.25, 0.3) is 0 Å². The first-order chi connectivity index (χ1) is 10.8. The number of Topliss-reactive ketones (excluding diaryl/α,β-unsaturated/α-hetero) is 1. The summed E-state index contributed by atoms with van der Waals surface area (Å²) in [5.41, 5.74) is 1.89. The highest BCUT2D eigenvalue weighted by Crippen LogP contribution is 2.42. The van der Waals surface area contributed by atoms with Crippen molar-refractivity contribution in [3.8, 4) is 0 Å². The number of carbonyl (C=O) groups excluding carboxylic acids is 1. The smallest absolute Gasteiger partial charge is 0.270 e. The fraction of sp³-hybridized carbons (Fsp3) is 0.200. The molecular weight excluding hydrogens is 334 g/mol. The van der Waals surface area contributed by atoms with Gasteiger partial charge in [0.25, 0.3) is 10.0 Å². The van der Waals surface area contributed by atoms with E-state index >= 15 is 0 Å². The van der Waals surface area contributed by atoms with E-state index in [2.05, 4.69) is 10.3 Å². The number of pyridine rings is 1. The Labute approximate surface area is 138 Å². The predicted molar refractivity (Wildman–Crippen MR) is 91.4 cm³/mol. The Kier molecular flexibility index (Phi) is 3.73. The van der Waals surface area contributed by atoms with E-state index in [1.54, 1.807) is 24.5 Å². The maximum absolute atomic E-state index is 12.7. The number of hydrogen-bond acceptors (Lipinski definition) is 6. The third kappa shape index (κ3) is 2.43. The summed E-state index contributed by atoms with van der Waals surface area (Å²) in [4.78, 5) is 17.3. The Morgan fingerprint density at radius 3 is 2.74 bits per heavy atom. The fourth-order valence-corrected chi connectivity index (χ4v) is 4.91. The first-order valence-electron chi connectivity index (χ1n) is 6.84. The molecule has 0 radical (unpaired) electrons. The van der Waals surface area contributed by atoms with E-state index < -0.39 is 15.8 Å². The number of anilines is 2. The third-order valence-electron chi connectivity index (χ3n) is 3.77. The van der Waals surface area contributed by atoms with Crippen molar-refractivity contribution in [3.05, 3.63) is 51.6 Å². The predicted octanol–water partition coefficient (Wildman–Crippen LogP) is 2.68. The maximum Gasteiger partial charge on any atom is 0.270 e. The van der Waals surface area contributed by atoms with Gasteiger partial charge in [-0.25, -0.2) is 8.42 Å². The van der Waals surface area contributed by atoms with E-state index in [1.807, 2.05) is 13.8 Å². The second kappa shape index (κ2) is 5.47. The molecule has 1 aliphatic rings. The lowest BCUT2D eigenvalue weighted by molar-refractivity contribution is 0.104. The zero-order valence-electron chi connectivity index (χ0n) is 12.8. The number of fused-ring (bicyclic) bond motifs is 1. The normalized spacial score (nSPS) is 18.1. The van der Waals surface area contributed by atoms with Crippen molar-refractivity contribution in [2.24, 2.45) is 0 Å². The highest BCUT2D eigenvalue weighted by atomic mass is 32.2. The molecular formula is C15H15N3O3S2. The van der Waals surface area contributed by atoms with Gasteiger partial charge in [0, 0.05) is 24.3 Å². The topological polar surface area (TPSA) is 79.4 Å². The number of carbonyl (C=O) groups is 1. The van der Waals surface area contributed by atoms with Gasteiger partial charge in [-0.3, -0.25) is 14.1 Å². The van der Waals surface area contributed by atoms with Crippen LogP contribution in [-0.4, -0.2) is 26.2 Å². The van der Waals surface area contributed by atoms with E-state index in [1.165, 1.54) is 28.9 Å². The van der Waals surface area contributed by atoms with Crippen molar-refractivity contribution in [2.75, 3.05) is 16.7 Å². The molecule has 6 nitrogen and oxygen atoms in total. The number of nitrogens with one attached hydrogen (secondary N) is 1. The van der Waals surface area contributed by atoms with Gasteiger partial charge in [0.05, 0.1) is 17.4 Å². The number of aromatic nitrogens is 1. The van der Waals surface area contributed by atoms with Crippen LogP contribution in [0.5, 0.6) is 0 Å². The highest BCUT2D eigenvalue weighted by molar-refractivity contribution is 7.98. The van der Waals surface area contributed by atoms with E-state index in [4.69, 9.17) is 0 Å². The van der Waals surface area contributed by atoms with Gasteiger partial charge in [0.1, 0.15) is 5.00 Å². The number of aryl methyl sites for hydroxylation is 1. The maximum atomic E-state index is 12.7. The molecule has 0 unspecified atom stereocenters. The molecule has 0 atom stereocenters. The first kappa shape index (κ1) is 15.7. The summed E-state index contributed by atoms with van der Waals surface area (Å²) in [6.45, 7) is 3.71. The standard InChI is InChI=1S/C15H15N3O3S2/c1-9-10(2)22-15-13(9)14(19)12(23(20,21)18(15)3)8-17-11-5-4-6-16-7-11/h4-8,17H,1-3H3. The zero-order valence-corrected chi connectivity index (χ0v) is 14.5. The molecule has 120 valence electrons. The molecule has 0 spiro atoms. The number of thiophene rings is 1. The minimum Gasteiger partial charge on any atom is -0.359 e. The molecule has 3 rings (SSSR count). The van der Waals surface area contributed by atoms with Crippen LogP contribution in [0.15, 0.2) is 35.6 Å². The van der Waals surface area contributed by atoms with Crippen LogP contribution >= 0.6 is 11.3 Å². The largest absolute Gasteiger partial charge is 0.359 e. The Morgan fingerprint density at radius 2 is 2.09 bits per heavy atom. The van der Waals surface area contributed by atoms with E-state index in [9.17, 15) is 13.2 Å². The van der Waals surface area contributed by atoms with Crippen molar-refractivity contribution in [2.45, 2.75) is 13.8 Å². The van der Waals surface area contributed by atoms with Crippen LogP contribution in [-0.2, 0) is 10.0 Å². The summed E-state index contributed by atoms with van der Waals surface area (Å²) in [7, 11) is -2.40. The molecule has 0 saturated carbocycles. The van der Waals surface area contributed by atoms with Gasteiger partial charge >= 0.3 is 0 Å². The molecule has 1 aliphatic heterocycles. The summed E-state index contributed by atoms with van der Waals surface area (Å²) in [6.07, 6.45) is 4.39. The number of allylic oxidation sites excluding steroid dienone is 1. The molecule has 23 heavy (non-hydrogen) atoms. The Hall–Kier alpha value is -2.19. The van der Waals surface area contributed by atoms with E-state index in [0.29, 0.717) is 16.3 Å². The van der Waals surface area contributed by atoms with Crippen LogP contribution in [0.4, 0.5) is 10.7 Å². The van der Waals surface area contributed by atoms with Gasteiger partial charge in [-0.1, -0.05) is 0 Å². The molecule has 1 N–H and O–H groups in total. The lowest BCUT2D eigenvalue weighted by Crippen LogP contribution is -2.36. The van der Waals surface area contributed by atoms with Crippen LogP contribution in [0, 0.1) is 13.8 Å². The summed E-state index contributed by atoms with van der Waals surface area (Å²) >= 11 is 1.32. The summed E-state index contributed by atoms with van der Waals surface area (Å²) < 4.78 is 26.4. The van der Waals surface area contributed by atoms with Crippen molar-refractivity contribution in [1.82, 2.24) is 4.98 Å². The minimum absolute atomic E-state index is 0.266. The number of rotatable bonds is 2. The highest BCUT2D eigenvalue weighted by Gasteiger charge is 2.40. The Balaban J connectivity index is 2.10. The molecule has 0 fully saturated rings. The van der Waals surface area contributed by atoms with Crippen molar-refractivity contribution in [1.29, 1.82) is 0 Å². The summed E-state index contributed by atoms with van der Waals surface area (Å²) in [5.74, 6) is -0.476. The first-order valence-corrected chi connectivity index (χ1v) is 9.10. The Morgan fingerprint density at radius 1 is 1.35 bits per heavy atom. The second-order valence-electron chi connectivity index (χ2n) is 5.16. The monoisotopic (exact) mass is 349 g/mol. The molecule has 2 aromatic rings. The average molecular weight is 349 g/mol. The van der Waals surface area contributed by atoms with Gasteiger partial charge in [0.15, 0.2) is 4.91 Å². The SMILES string of the molecule is Cc1sc2c(c1C)C(=O)C(=CNc1cccnc1)S(=O)(=O)N2C. The summed E-state index contributed by atoms with van der Waals surface area (Å²) in [5, 5.41) is 3.31. The molecule has 2 aromatic heterocycles. The Bertz CT molecular complexity index is 915. The lowest BCUT2D eigenvalue weighted by Gasteiger charge is -2.25. The molecule has 0 bridgehead atoms. The molecule has 8 heteroatoms. The fourth-order valence-electron chi connectivity index (χ4n) is 2.33. The van der Waals surface area contributed by atoms with Crippen molar-refractivity contribution in [3.63, 3.8) is 0 Å². The third-order valence-corrected chi connectivity index (χ3v) is 6.94. The number of hydrogen-bond donors (Lipinski definition) is 1. The van der Waals surface area contributed by atoms with E-state index in [-0.39, 0.29) is 4.91 Å². The van der Waals surface area contributed by atoms with Gasteiger partial charge < -0.3 is 5.32 Å². The minimum atomic E-state index is -3.87. The molecule has 3 heterocycles. The van der Waals surface area contributed by atoms with Crippen LogP contribution in [0.3, 0.4) is 0 Å². The molecule has 0 amide bonds. The van der Waals surface area contributed by atoms with Crippen LogP contribution in [0.1, 0.15) is 20.8 Å². The van der Waals surface area contributed by atoms with Crippen LogP contribution in [0.2, 0.25) is 0 Å². The van der Waals surface area contributed by atoms with Crippen LogP contribution < -0.4 is 9.62 Å². The molecule has 0 aliphatic carbocycles. The summed E-state index contributed by atoms with van der Waals surface area (Å²) in [6, 6.07) is 3.45. The van der Waals surface area contributed by atoms with Crippen molar-refractivity contribution < 1.29 is 13.2 Å². The number of sulfonamides is 1. The van der Waals surface area contributed by atoms with Gasteiger partial charge in [-0.05, 0) is 31.5 Å². The number of ketones is 1. The average Bonchev–Trinajstić information content (AvgIpc) is 2.82. The van der Waals surface area contributed by atoms with Gasteiger partial charge in [-0.15, -0.1) is 11.3 Å². The zero-order chi connectivity index (χ0) is 16.8. The van der Waals surface area contributed by atoms with Crippen molar-refractivity contribution >= 4 is 37.8 Å².